The molecule has 1 aliphatic heterocycles. The molecule has 0 spiro atoms. The first kappa shape index (κ1) is 17.7. The van der Waals surface area contributed by atoms with E-state index in [-0.39, 0.29) is 17.8 Å². The fraction of sp³-hybridized carbons (Fsp3) is 0.579. The third kappa shape index (κ3) is 4.71. The Balaban J connectivity index is 1.53. The largest absolute Gasteiger partial charge is 0.337 e. The highest BCUT2D eigenvalue weighted by atomic mass is 19.1. The lowest BCUT2D eigenvalue weighted by molar-refractivity contribution is 0.0762. The van der Waals surface area contributed by atoms with Crippen LogP contribution in [0.5, 0.6) is 0 Å². The highest BCUT2D eigenvalue weighted by Gasteiger charge is 2.24. The van der Waals surface area contributed by atoms with Crippen molar-refractivity contribution in [2.45, 2.75) is 44.6 Å². The second-order valence-corrected chi connectivity index (χ2v) is 6.92. The van der Waals surface area contributed by atoms with Crippen molar-refractivity contribution >= 4 is 11.9 Å². The number of halogens is 1. The fourth-order valence-corrected chi connectivity index (χ4v) is 3.61. The molecule has 0 radical (unpaired) electrons. The summed E-state index contributed by atoms with van der Waals surface area (Å²) in [5, 5.41) is 3.14. The first-order valence-corrected chi connectivity index (χ1v) is 9.24. The summed E-state index contributed by atoms with van der Waals surface area (Å²) in [6.07, 6.45) is 6.51. The Labute approximate surface area is 148 Å². The van der Waals surface area contributed by atoms with Crippen molar-refractivity contribution < 1.29 is 14.0 Å². The summed E-state index contributed by atoms with van der Waals surface area (Å²) in [5.41, 5.74) is 0.488. The molecule has 25 heavy (non-hydrogen) atoms. The van der Waals surface area contributed by atoms with Crippen molar-refractivity contribution in [2.75, 3.05) is 26.2 Å². The number of hydrogen-bond acceptors (Lipinski definition) is 2. The molecular weight excluding hydrogens is 321 g/mol. The summed E-state index contributed by atoms with van der Waals surface area (Å²) < 4.78 is 13.0. The van der Waals surface area contributed by atoms with E-state index in [0.717, 1.165) is 19.3 Å². The van der Waals surface area contributed by atoms with E-state index in [1.807, 2.05) is 4.90 Å². The number of nitrogens with zero attached hydrogens (tertiary/aromatic N) is 2. The van der Waals surface area contributed by atoms with Gasteiger partial charge in [0.15, 0.2) is 0 Å². The van der Waals surface area contributed by atoms with E-state index in [9.17, 15) is 14.0 Å². The zero-order chi connectivity index (χ0) is 17.6. The fourth-order valence-electron chi connectivity index (χ4n) is 3.61. The normalized spacial score (nSPS) is 19.4. The van der Waals surface area contributed by atoms with Gasteiger partial charge in [-0.05, 0) is 43.5 Å². The minimum atomic E-state index is -0.349. The summed E-state index contributed by atoms with van der Waals surface area (Å²) >= 11 is 0. The number of carbonyl (C=O) groups excluding carboxylic acids is 2. The van der Waals surface area contributed by atoms with Crippen LogP contribution in [0, 0.1) is 5.82 Å². The van der Waals surface area contributed by atoms with Gasteiger partial charge in [0, 0.05) is 37.8 Å². The lowest BCUT2D eigenvalue weighted by Crippen LogP contribution is -2.46. The molecule has 2 aliphatic rings. The lowest BCUT2D eigenvalue weighted by Gasteiger charge is -2.27. The maximum absolute atomic E-state index is 13.0. The van der Waals surface area contributed by atoms with Gasteiger partial charge in [0.05, 0.1) is 0 Å². The van der Waals surface area contributed by atoms with Crippen LogP contribution >= 0.6 is 0 Å². The number of carbonyl (C=O) groups is 2. The number of urea groups is 1. The Morgan fingerprint density at radius 3 is 2.24 bits per heavy atom. The van der Waals surface area contributed by atoms with E-state index in [1.165, 1.54) is 43.5 Å². The molecule has 1 aliphatic carbocycles. The highest BCUT2D eigenvalue weighted by Crippen LogP contribution is 2.18. The van der Waals surface area contributed by atoms with Crippen LogP contribution in [0.15, 0.2) is 24.3 Å². The van der Waals surface area contributed by atoms with Crippen LogP contribution in [0.4, 0.5) is 9.18 Å². The van der Waals surface area contributed by atoms with Crippen LogP contribution in [0.25, 0.3) is 0 Å². The first-order valence-electron chi connectivity index (χ1n) is 9.24. The van der Waals surface area contributed by atoms with E-state index < -0.39 is 0 Å². The molecule has 2 fully saturated rings. The number of amides is 3. The molecule has 1 saturated carbocycles. The monoisotopic (exact) mass is 347 g/mol. The molecule has 5 nitrogen and oxygen atoms in total. The predicted octanol–water partition coefficient (Wildman–Crippen LogP) is 3.02. The SMILES string of the molecule is O=C(NC1CCCCC1)N1CCCN(C(=O)c2ccc(F)cc2)CC1. The molecule has 1 aromatic carbocycles. The van der Waals surface area contributed by atoms with E-state index in [4.69, 9.17) is 0 Å². The van der Waals surface area contributed by atoms with Crippen molar-refractivity contribution in [1.82, 2.24) is 15.1 Å². The highest BCUT2D eigenvalue weighted by molar-refractivity contribution is 5.94. The van der Waals surface area contributed by atoms with Crippen LogP contribution in [-0.2, 0) is 0 Å². The summed E-state index contributed by atoms with van der Waals surface area (Å²) in [4.78, 5) is 28.6. The molecule has 6 heteroatoms. The quantitative estimate of drug-likeness (QED) is 0.894. The number of nitrogens with one attached hydrogen (secondary N) is 1. The van der Waals surface area contributed by atoms with Gasteiger partial charge in [0.2, 0.25) is 0 Å². The average molecular weight is 347 g/mol. The minimum absolute atomic E-state index is 0.0111. The van der Waals surface area contributed by atoms with Crippen LogP contribution in [-0.4, -0.2) is 54.0 Å². The molecule has 0 bridgehead atoms. The molecule has 3 amide bonds. The van der Waals surface area contributed by atoms with Crippen molar-refractivity contribution in [3.63, 3.8) is 0 Å². The van der Waals surface area contributed by atoms with Gasteiger partial charge in [-0.3, -0.25) is 4.79 Å². The van der Waals surface area contributed by atoms with Crippen molar-refractivity contribution in [3.8, 4) is 0 Å². The zero-order valence-electron chi connectivity index (χ0n) is 14.5. The molecular formula is C19H26FN3O2. The smallest absolute Gasteiger partial charge is 0.317 e. The standard InChI is InChI=1S/C19H26FN3O2/c20-16-9-7-15(8-10-16)18(24)22-11-4-12-23(14-13-22)19(25)21-17-5-2-1-3-6-17/h7-10,17H,1-6,11-14H2,(H,21,25). The minimum Gasteiger partial charge on any atom is -0.337 e. The van der Waals surface area contributed by atoms with Crippen LogP contribution in [0.2, 0.25) is 0 Å². The average Bonchev–Trinajstić information content (AvgIpc) is 2.89. The van der Waals surface area contributed by atoms with Crippen molar-refractivity contribution in [1.29, 1.82) is 0 Å². The van der Waals surface area contributed by atoms with Crippen molar-refractivity contribution in [3.05, 3.63) is 35.6 Å². The van der Waals surface area contributed by atoms with Gasteiger partial charge in [-0.25, -0.2) is 9.18 Å². The van der Waals surface area contributed by atoms with E-state index in [2.05, 4.69) is 5.32 Å². The van der Waals surface area contributed by atoms with Gasteiger partial charge in [0.1, 0.15) is 5.82 Å². The Bertz CT molecular complexity index is 599. The van der Waals surface area contributed by atoms with Crippen LogP contribution < -0.4 is 5.32 Å². The zero-order valence-corrected chi connectivity index (χ0v) is 14.5. The van der Waals surface area contributed by atoms with E-state index in [1.54, 1.807) is 4.90 Å². The summed E-state index contributed by atoms with van der Waals surface area (Å²) in [5.74, 6) is -0.451. The molecule has 1 aromatic rings. The second kappa shape index (κ2) is 8.32. The third-order valence-electron chi connectivity index (χ3n) is 5.09. The Kier molecular flexibility index (Phi) is 5.89. The Morgan fingerprint density at radius 2 is 1.52 bits per heavy atom. The lowest BCUT2D eigenvalue weighted by atomic mass is 9.96. The van der Waals surface area contributed by atoms with Gasteiger partial charge in [-0.1, -0.05) is 19.3 Å². The third-order valence-corrected chi connectivity index (χ3v) is 5.09. The molecule has 0 unspecified atom stereocenters. The molecule has 0 atom stereocenters. The molecule has 136 valence electrons. The number of rotatable bonds is 2. The molecule has 0 aromatic heterocycles. The van der Waals surface area contributed by atoms with E-state index >= 15 is 0 Å². The Hall–Kier alpha value is -2.11. The summed E-state index contributed by atoms with van der Waals surface area (Å²) in [6, 6.07) is 5.90. The topological polar surface area (TPSA) is 52.7 Å². The van der Waals surface area contributed by atoms with Crippen LogP contribution in [0.3, 0.4) is 0 Å². The van der Waals surface area contributed by atoms with Gasteiger partial charge in [-0.15, -0.1) is 0 Å². The number of benzene rings is 1. The maximum Gasteiger partial charge on any atom is 0.317 e. The predicted molar refractivity (Wildman–Crippen MR) is 93.9 cm³/mol. The maximum atomic E-state index is 13.0. The molecule has 3 rings (SSSR count). The summed E-state index contributed by atoms with van der Waals surface area (Å²) in [7, 11) is 0. The van der Waals surface area contributed by atoms with Gasteiger partial charge in [0.25, 0.3) is 5.91 Å². The van der Waals surface area contributed by atoms with E-state index in [0.29, 0.717) is 37.8 Å². The van der Waals surface area contributed by atoms with Gasteiger partial charge in [-0.2, -0.15) is 0 Å². The van der Waals surface area contributed by atoms with Crippen molar-refractivity contribution in [2.24, 2.45) is 0 Å². The molecule has 1 N–H and O–H groups in total. The van der Waals surface area contributed by atoms with Gasteiger partial charge >= 0.3 is 6.03 Å². The molecule has 1 saturated heterocycles. The molecule has 1 heterocycles. The van der Waals surface area contributed by atoms with Gasteiger partial charge < -0.3 is 15.1 Å². The second-order valence-electron chi connectivity index (χ2n) is 6.92. The first-order chi connectivity index (χ1) is 12.1. The summed E-state index contributed by atoms with van der Waals surface area (Å²) in [6.45, 7) is 2.31. The van der Waals surface area contributed by atoms with Crippen LogP contribution in [0.1, 0.15) is 48.9 Å². The Morgan fingerprint density at radius 1 is 0.880 bits per heavy atom. The number of hydrogen-bond donors (Lipinski definition) is 1.